The van der Waals surface area contributed by atoms with Crippen LogP contribution in [0.15, 0.2) is 59.3 Å². The second-order valence-corrected chi connectivity index (χ2v) is 7.41. The van der Waals surface area contributed by atoms with E-state index in [1.54, 1.807) is 24.4 Å². The van der Waals surface area contributed by atoms with Crippen molar-refractivity contribution in [3.05, 3.63) is 66.3 Å². The molecular weight excluding hydrogens is 394 g/mol. The van der Waals surface area contributed by atoms with Gasteiger partial charge in [-0.15, -0.1) is 0 Å². The van der Waals surface area contributed by atoms with Crippen molar-refractivity contribution < 1.29 is 9.32 Å². The van der Waals surface area contributed by atoms with Crippen LogP contribution in [0.2, 0.25) is 0 Å². The Labute approximate surface area is 178 Å². The van der Waals surface area contributed by atoms with E-state index in [9.17, 15) is 4.79 Å². The molecule has 0 unspecified atom stereocenters. The molecule has 3 N–H and O–H groups in total. The Morgan fingerprint density at radius 3 is 2.77 bits per heavy atom. The van der Waals surface area contributed by atoms with Crippen molar-refractivity contribution in [1.82, 2.24) is 30.6 Å². The maximum absolute atomic E-state index is 12.6. The molecular formula is C22H21N7O2. The number of carbonyl (C=O) groups is 1. The number of hydrogen-bond donors (Lipinski definition) is 3. The highest BCUT2D eigenvalue weighted by Crippen LogP contribution is 2.25. The summed E-state index contributed by atoms with van der Waals surface area (Å²) in [4.78, 5) is 21.6. The lowest BCUT2D eigenvalue weighted by Crippen LogP contribution is -2.28. The number of rotatable bonds is 5. The molecule has 1 amide bonds. The topological polar surface area (TPSA) is 122 Å². The van der Waals surface area contributed by atoms with Crippen LogP contribution in [0.1, 0.15) is 35.1 Å². The number of nitrogens with one attached hydrogen (secondary N) is 3. The Bertz CT molecular complexity index is 1160. The Hall–Kier alpha value is -3.85. The number of nitrogens with zero attached hydrogens (tertiary/aromatic N) is 4. The highest BCUT2D eigenvalue weighted by atomic mass is 16.5. The first kappa shape index (κ1) is 19.1. The number of anilines is 1. The Morgan fingerprint density at radius 1 is 1.10 bits per heavy atom. The molecule has 4 aromatic rings. The van der Waals surface area contributed by atoms with Crippen LogP contribution in [0.5, 0.6) is 0 Å². The summed E-state index contributed by atoms with van der Waals surface area (Å²) in [7, 11) is 0. The number of benzene rings is 1. The minimum Gasteiger partial charge on any atom is -0.339 e. The summed E-state index contributed by atoms with van der Waals surface area (Å²) in [5, 5.41) is 17.1. The number of pyridine rings is 1. The number of carbonyl (C=O) groups excluding carboxylic acids is 1. The van der Waals surface area contributed by atoms with Crippen molar-refractivity contribution in [2.24, 2.45) is 0 Å². The summed E-state index contributed by atoms with van der Waals surface area (Å²) in [5.74, 6) is 1.19. The van der Waals surface area contributed by atoms with Gasteiger partial charge in [0, 0.05) is 24.0 Å². The average Bonchev–Trinajstić information content (AvgIpc) is 3.53. The van der Waals surface area contributed by atoms with E-state index >= 15 is 0 Å². The zero-order valence-corrected chi connectivity index (χ0v) is 16.7. The number of H-pyrrole nitrogens is 1. The molecule has 3 aromatic heterocycles. The van der Waals surface area contributed by atoms with Gasteiger partial charge in [0.2, 0.25) is 11.7 Å². The zero-order valence-electron chi connectivity index (χ0n) is 16.7. The van der Waals surface area contributed by atoms with Gasteiger partial charge in [-0.2, -0.15) is 10.1 Å². The molecule has 1 aromatic carbocycles. The first-order chi connectivity index (χ1) is 15.3. The molecule has 0 bridgehead atoms. The summed E-state index contributed by atoms with van der Waals surface area (Å²) in [6.45, 7) is 1.90. The quantitative estimate of drug-likeness (QED) is 0.457. The molecule has 0 radical (unpaired) electrons. The molecule has 1 atom stereocenters. The molecule has 1 fully saturated rings. The first-order valence-electron chi connectivity index (χ1n) is 10.2. The SMILES string of the molecule is O=C(Nc1ccc(-c2noc([C@H]3CCCNC3)n2)cc1)c1cccc(-c2ccn[nH]2)n1. The standard InChI is InChI=1S/C22H21N7O2/c30-21(19-5-1-4-17(26-19)18-10-12-24-28-18)25-16-8-6-14(7-9-16)20-27-22(31-29-20)15-3-2-11-23-13-15/h1,4-10,12,15,23H,2-3,11,13H2,(H,24,28)(H,25,30)/t15-/m0/s1. The average molecular weight is 415 g/mol. The van der Waals surface area contributed by atoms with E-state index in [0.29, 0.717) is 28.8 Å². The minimum atomic E-state index is -0.291. The number of aromatic nitrogens is 5. The third-order valence-electron chi connectivity index (χ3n) is 5.25. The van der Waals surface area contributed by atoms with Crippen LogP contribution in [-0.4, -0.2) is 44.3 Å². The minimum absolute atomic E-state index is 0.263. The maximum Gasteiger partial charge on any atom is 0.274 e. The smallest absolute Gasteiger partial charge is 0.274 e. The predicted molar refractivity (Wildman–Crippen MR) is 114 cm³/mol. The summed E-state index contributed by atoms with van der Waals surface area (Å²) >= 11 is 0. The van der Waals surface area contributed by atoms with Crippen molar-refractivity contribution in [1.29, 1.82) is 0 Å². The van der Waals surface area contributed by atoms with E-state index in [1.807, 2.05) is 30.3 Å². The highest BCUT2D eigenvalue weighted by molar-refractivity contribution is 6.03. The van der Waals surface area contributed by atoms with Crippen molar-refractivity contribution in [2.75, 3.05) is 18.4 Å². The molecule has 1 saturated heterocycles. The molecule has 4 heterocycles. The molecule has 5 rings (SSSR count). The van der Waals surface area contributed by atoms with E-state index in [0.717, 1.165) is 37.2 Å². The van der Waals surface area contributed by atoms with Crippen LogP contribution in [0.25, 0.3) is 22.8 Å². The third kappa shape index (κ3) is 4.22. The van der Waals surface area contributed by atoms with Gasteiger partial charge in [-0.1, -0.05) is 11.2 Å². The monoisotopic (exact) mass is 415 g/mol. The highest BCUT2D eigenvalue weighted by Gasteiger charge is 2.21. The van der Waals surface area contributed by atoms with Gasteiger partial charge < -0.3 is 15.2 Å². The molecule has 0 aliphatic carbocycles. The van der Waals surface area contributed by atoms with Crippen LogP contribution in [-0.2, 0) is 0 Å². The van der Waals surface area contributed by atoms with Crippen molar-refractivity contribution in [3.8, 4) is 22.8 Å². The zero-order chi connectivity index (χ0) is 21.0. The van der Waals surface area contributed by atoms with E-state index < -0.39 is 0 Å². The second-order valence-electron chi connectivity index (χ2n) is 7.41. The van der Waals surface area contributed by atoms with Gasteiger partial charge in [-0.3, -0.25) is 9.89 Å². The van der Waals surface area contributed by atoms with Crippen LogP contribution >= 0.6 is 0 Å². The molecule has 9 heteroatoms. The summed E-state index contributed by atoms with van der Waals surface area (Å²) in [6, 6.07) is 14.4. The number of piperidine rings is 1. The van der Waals surface area contributed by atoms with E-state index in [1.165, 1.54) is 0 Å². The molecule has 31 heavy (non-hydrogen) atoms. The second kappa shape index (κ2) is 8.49. The molecule has 0 saturated carbocycles. The first-order valence-corrected chi connectivity index (χ1v) is 10.2. The van der Waals surface area contributed by atoms with Crippen LogP contribution in [0.4, 0.5) is 5.69 Å². The largest absolute Gasteiger partial charge is 0.339 e. The molecule has 156 valence electrons. The fourth-order valence-electron chi connectivity index (χ4n) is 3.59. The maximum atomic E-state index is 12.6. The normalized spacial score (nSPS) is 16.2. The van der Waals surface area contributed by atoms with Crippen molar-refractivity contribution >= 4 is 11.6 Å². The van der Waals surface area contributed by atoms with E-state index in [4.69, 9.17) is 4.52 Å². The van der Waals surface area contributed by atoms with Gasteiger partial charge >= 0.3 is 0 Å². The number of amides is 1. The van der Waals surface area contributed by atoms with Gasteiger partial charge in [-0.25, -0.2) is 4.98 Å². The van der Waals surface area contributed by atoms with Gasteiger partial charge in [0.05, 0.1) is 17.3 Å². The lowest BCUT2D eigenvalue weighted by atomic mass is 10.00. The predicted octanol–water partition coefficient (Wildman–Crippen LogP) is 3.24. The summed E-state index contributed by atoms with van der Waals surface area (Å²) in [6.07, 6.45) is 3.80. The Morgan fingerprint density at radius 2 is 2.00 bits per heavy atom. The van der Waals surface area contributed by atoms with Crippen molar-refractivity contribution in [3.63, 3.8) is 0 Å². The number of hydrogen-bond acceptors (Lipinski definition) is 7. The third-order valence-corrected chi connectivity index (χ3v) is 5.25. The Balaban J connectivity index is 1.27. The van der Waals surface area contributed by atoms with Gasteiger partial charge in [0.15, 0.2) is 0 Å². The lowest BCUT2D eigenvalue weighted by Gasteiger charge is -2.18. The Kier molecular flexibility index (Phi) is 5.24. The van der Waals surface area contributed by atoms with Gasteiger partial charge in [0.1, 0.15) is 5.69 Å². The van der Waals surface area contributed by atoms with E-state index in [2.05, 4.69) is 36.0 Å². The molecule has 1 aliphatic rings. The van der Waals surface area contributed by atoms with E-state index in [-0.39, 0.29) is 11.8 Å². The van der Waals surface area contributed by atoms with Gasteiger partial charge in [-0.05, 0) is 61.9 Å². The van der Waals surface area contributed by atoms with Crippen LogP contribution in [0, 0.1) is 0 Å². The van der Waals surface area contributed by atoms with Crippen LogP contribution in [0.3, 0.4) is 0 Å². The molecule has 0 spiro atoms. The summed E-state index contributed by atoms with van der Waals surface area (Å²) < 4.78 is 5.47. The summed E-state index contributed by atoms with van der Waals surface area (Å²) in [5.41, 5.74) is 3.21. The van der Waals surface area contributed by atoms with Crippen LogP contribution < -0.4 is 10.6 Å². The molecule has 9 nitrogen and oxygen atoms in total. The van der Waals surface area contributed by atoms with Gasteiger partial charge in [0.25, 0.3) is 5.91 Å². The van der Waals surface area contributed by atoms with Crippen molar-refractivity contribution in [2.45, 2.75) is 18.8 Å². The number of aromatic amines is 1. The molecule has 1 aliphatic heterocycles. The fraction of sp³-hybridized carbons (Fsp3) is 0.227. The lowest BCUT2D eigenvalue weighted by molar-refractivity contribution is 0.102. The fourth-order valence-corrected chi connectivity index (χ4v) is 3.59.